The molecule has 6 heterocycles. The van der Waals surface area contributed by atoms with Crippen molar-refractivity contribution in [1.82, 2.24) is 34.6 Å². The quantitative estimate of drug-likeness (QED) is 0.313. The highest BCUT2D eigenvalue weighted by Crippen LogP contribution is 2.37. The fourth-order valence-corrected chi connectivity index (χ4v) is 7.89. The summed E-state index contributed by atoms with van der Waals surface area (Å²) >= 11 is 6.10. The first-order chi connectivity index (χ1) is 24.4. The number of rotatable bonds is 7. The third kappa shape index (κ3) is 7.77. The van der Waals surface area contributed by atoms with Gasteiger partial charge in [0.2, 0.25) is 0 Å². The molecule has 2 aromatic heterocycles. The molecule has 7 rings (SSSR count). The summed E-state index contributed by atoms with van der Waals surface area (Å²) in [6.07, 6.45) is 3.46. The van der Waals surface area contributed by atoms with E-state index in [1.54, 1.807) is 4.90 Å². The predicted octanol–water partition coefficient (Wildman–Crippen LogP) is 4.81. The first-order valence-electron chi connectivity index (χ1n) is 17.7. The van der Waals surface area contributed by atoms with Gasteiger partial charge in [0.1, 0.15) is 30.1 Å². The van der Waals surface area contributed by atoms with Gasteiger partial charge in [-0.2, -0.15) is 9.97 Å². The number of halogens is 2. The Bertz CT molecular complexity index is 1730. The molecular weight excluding hydrogens is 679 g/mol. The van der Waals surface area contributed by atoms with E-state index in [-0.39, 0.29) is 53.6 Å². The van der Waals surface area contributed by atoms with Crippen molar-refractivity contribution in [3.63, 3.8) is 0 Å². The summed E-state index contributed by atoms with van der Waals surface area (Å²) in [5.74, 6) is -0.212. The van der Waals surface area contributed by atoms with Gasteiger partial charge in [-0.3, -0.25) is 14.7 Å². The van der Waals surface area contributed by atoms with E-state index < -0.39 is 11.4 Å². The number of pyridine rings is 1. The zero-order chi connectivity index (χ0) is 35.9. The number of piperazine rings is 2. The lowest BCUT2D eigenvalue weighted by atomic mass is 10.1. The van der Waals surface area contributed by atoms with Crippen molar-refractivity contribution in [2.45, 2.75) is 76.4 Å². The van der Waals surface area contributed by atoms with Crippen LogP contribution >= 0.6 is 11.6 Å². The van der Waals surface area contributed by atoms with Crippen LogP contribution in [0.25, 0.3) is 10.9 Å². The molecule has 13 nitrogen and oxygen atoms in total. The van der Waals surface area contributed by atoms with Gasteiger partial charge in [-0.1, -0.05) is 41.9 Å². The van der Waals surface area contributed by atoms with E-state index >= 15 is 4.39 Å². The van der Waals surface area contributed by atoms with Crippen molar-refractivity contribution < 1.29 is 28.2 Å². The molecule has 274 valence electrons. The Balaban J connectivity index is 0.983. The minimum atomic E-state index is -0.723. The summed E-state index contributed by atoms with van der Waals surface area (Å²) in [5, 5.41) is 0.173. The summed E-state index contributed by atoms with van der Waals surface area (Å²) in [6.45, 7) is 10.8. The highest BCUT2D eigenvalue weighted by Gasteiger charge is 2.45. The third-order valence-electron chi connectivity index (χ3n) is 10.4. The summed E-state index contributed by atoms with van der Waals surface area (Å²) in [4.78, 5) is 49.5. The molecule has 0 N–H and O–H groups in total. The summed E-state index contributed by atoms with van der Waals surface area (Å²) in [7, 11) is 2.07. The number of carbonyl (C=O) groups is 2. The molecule has 4 fully saturated rings. The lowest BCUT2D eigenvalue weighted by Crippen LogP contribution is -2.57. The second-order valence-electron chi connectivity index (χ2n) is 15.0. The number of anilines is 1. The van der Waals surface area contributed by atoms with Gasteiger partial charge in [-0.15, -0.1) is 0 Å². The second kappa shape index (κ2) is 14.5. The van der Waals surface area contributed by atoms with Crippen LogP contribution in [0.4, 0.5) is 19.8 Å². The van der Waals surface area contributed by atoms with Crippen LogP contribution in [0.2, 0.25) is 5.15 Å². The van der Waals surface area contributed by atoms with Gasteiger partial charge in [0.25, 0.3) is 0 Å². The Labute approximate surface area is 302 Å². The van der Waals surface area contributed by atoms with E-state index in [1.807, 2.05) is 56.0 Å². The van der Waals surface area contributed by atoms with E-state index in [9.17, 15) is 9.59 Å². The maximum absolute atomic E-state index is 15.4. The van der Waals surface area contributed by atoms with E-state index in [2.05, 4.69) is 31.7 Å². The molecule has 4 aliphatic rings. The summed E-state index contributed by atoms with van der Waals surface area (Å²) in [5.41, 5.74) is 0.425. The minimum absolute atomic E-state index is 0.0507. The Morgan fingerprint density at radius 1 is 0.961 bits per heavy atom. The second-order valence-corrected chi connectivity index (χ2v) is 15.3. The molecule has 0 unspecified atom stereocenters. The van der Waals surface area contributed by atoms with Crippen molar-refractivity contribution in [2.75, 3.05) is 64.4 Å². The molecule has 51 heavy (non-hydrogen) atoms. The van der Waals surface area contributed by atoms with Crippen LogP contribution in [0.5, 0.6) is 6.01 Å². The van der Waals surface area contributed by atoms with Crippen LogP contribution in [0, 0.1) is 5.82 Å². The van der Waals surface area contributed by atoms with Crippen molar-refractivity contribution in [3.05, 3.63) is 53.1 Å². The molecule has 2 bridgehead atoms. The van der Waals surface area contributed by atoms with Crippen LogP contribution in [-0.4, -0.2) is 136 Å². The van der Waals surface area contributed by atoms with Crippen LogP contribution in [0.1, 0.15) is 45.6 Å². The summed E-state index contributed by atoms with van der Waals surface area (Å²) < 4.78 is 32.9. The number of hydrogen-bond acceptors (Lipinski definition) is 11. The molecule has 0 radical (unpaired) electrons. The Kier molecular flexibility index (Phi) is 10.1. The molecule has 4 saturated heterocycles. The highest BCUT2D eigenvalue weighted by molar-refractivity contribution is 6.30. The van der Waals surface area contributed by atoms with Crippen molar-refractivity contribution in [2.24, 2.45) is 0 Å². The Morgan fingerprint density at radius 3 is 2.35 bits per heavy atom. The summed E-state index contributed by atoms with van der Waals surface area (Å²) in [6, 6.07) is 10.0. The smallest absolute Gasteiger partial charge is 0.410 e. The van der Waals surface area contributed by atoms with E-state index in [1.165, 1.54) is 6.20 Å². The van der Waals surface area contributed by atoms with E-state index in [0.717, 1.165) is 44.5 Å². The zero-order valence-electron chi connectivity index (χ0n) is 29.6. The van der Waals surface area contributed by atoms with Crippen LogP contribution < -0.4 is 9.64 Å². The fraction of sp³-hybridized carbons (Fsp3) is 0.583. The normalized spacial score (nSPS) is 24.3. The number of likely N-dealkylation sites (tertiary alicyclic amines) is 1. The molecule has 0 saturated carbocycles. The van der Waals surface area contributed by atoms with Crippen LogP contribution in [0.3, 0.4) is 0 Å². The average Bonchev–Trinajstić information content (AvgIpc) is 3.62. The maximum atomic E-state index is 15.4. The van der Waals surface area contributed by atoms with E-state index in [4.69, 9.17) is 30.8 Å². The van der Waals surface area contributed by atoms with Gasteiger partial charge < -0.3 is 24.0 Å². The molecule has 3 aromatic rings. The van der Waals surface area contributed by atoms with Crippen molar-refractivity contribution in [3.8, 4) is 6.01 Å². The number of hydrogen-bond donors (Lipinski definition) is 0. The van der Waals surface area contributed by atoms with Gasteiger partial charge in [-0.05, 0) is 52.6 Å². The molecule has 0 spiro atoms. The molecule has 4 atom stereocenters. The zero-order valence-corrected chi connectivity index (χ0v) is 30.4. The lowest BCUT2D eigenvalue weighted by molar-refractivity contribution is 0.0122. The fourth-order valence-electron chi connectivity index (χ4n) is 7.75. The number of likely N-dealkylation sites (N-methyl/N-ethyl adjacent to an activating group) is 1. The van der Waals surface area contributed by atoms with Gasteiger partial charge in [-0.25, -0.2) is 19.0 Å². The molecule has 0 aliphatic carbocycles. The minimum Gasteiger partial charge on any atom is -0.462 e. The number of amides is 2. The Morgan fingerprint density at radius 2 is 1.67 bits per heavy atom. The lowest BCUT2D eigenvalue weighted by Gasteiger charge is -2.42. The van der Waals surface area contributed by atoms with Gasteiger partial charge in [0.15, 0.2) is 11.0 Å². The number of aromatic nitrogens is 3. The van der Waals surface area contributed by atoms with Crippen molar-refractivity contribution in [1.29, 1.82) is 0 Å². The molecule has 15 heteroatoms. The molecular formula is C36H46ClFN8O5. The average molecular weight is 725 g/mol. The van der Waals surface area contributed by atoms with E-state index in [0.29, 0.717) is 50.0 Å². The van der Waals surface area contributed by atoms with Crippen LogP contribution in [-0.2, 0) is 16.1 Å². The maximum Gasteiger partial charge on any atom is 0.410 e. The Hall–Kier alpha value is -4.01. The third-order valence-corrected chi connectivity index (χ3v) is 10.6. The number of nitrogens with zero attached hydrogens (tertiary/aromatic N) is 8. The number of benzene rings is 1. The first kappa shape index (κ1) is 35.4. The topological polar surface area (TPSA) is 117 Å². The molecule has 1 aromatic carbocycles. The van der Waals surface area contributed by atoms with Gasteiger partial charge in [0, 0.05) is 64.1 Å². The number of ether oxygens (including phenoxy) is 3. The standard InChI is InChI=1S/C36H46ClFN8O5/c1-36(2,3)51-35(48)46-24-10-11-25(46)20-45(19-24)32-28-17-39-31(37)29(38)30(28)40-33(41-32)49-22-27-16-26(18-42(27)4)43-12-14-44(15-13-43)34(47)50-21-23-8-6-5-7-9-23/h5-9,17,24-27H,10-16,18-22H2,1-4H3/t24-,25+,26-,27-/m0/s1. The highest BCUT2D eigenvalue weighted by atomic mass is 35.5. The molecule has 2 amide bonds. The largest absolute Gasteiger partial charge is 0.462 e. The number of carbonyl (C=O) groups excluding carboxylic acids is 2. The molecule has 4 aliphatic heterocycles. The number of fused-ring (bicyclic) bond motifs is 3. The van der Waals surface area contributed by atoms with Gasteiger partial charge in [0.05, 0.1) is 17.5 Å². The van der Waals surface area contributed by atoms with Gasteiger partial charge >= 0.3 is 18.2 Å². The van der Waals surface area contributed by atoms with Crippen molar-refractivity contribution >= 4 is 40.5 Å². The predicted molar refractivity (Wildman–Crippen MR) is 189 cm³/mol. The first-order valence-corrected chi connectivity index (χ1v) is 18.1. The van der Waals surface area contributed by atoms with Crippen LogP contribution in [0.15, 0.2) is 36.5 Å². The monoisotopic (exact) mass is 724 g/mol. The SMILES string of the molecule is CN1C[C@@H](N2CCN(C(=O)OCc3ccccc3)CC2)C[C@H]1COc1nc(N2C[C@H]3CC[C@@H](C2)N3C(=O)OC(C)(C)C)c2cnc(Cl)c(F)c2n1.